The van der Waals surface area contributed by atoms with E-state index in [-0.39, 0.29) is 6.71 Å². The summed E-state index contributed by atoms with van der Waals surface area (Å²) >= 11 is 1.89. The smallest absolute Gasteiger partial charge is 0.161 e. The zero-order chi connectivity index (χ0) is 24.1. The molecule has 0 amide bonds. The SMILES string of the molecule is CSC/C(=C(\B(c1ccc(C)cc1)c1ccc(C)cc1)c1ccc(C)cc1)c1ccc(C)cc1. The molecular weight excluding hydrogens is 427 g/mol. The molecule has 0 radical (unpaired) electrons. The van der Waals surface area contributed by atoms with Crippen LogP contribution in [0, 0.1) is 27.7 Å². The van der Waals surface area contributed by atoms with E-state index in [2.05, 4.69) is 131 Å². The number of benzene rings is 4. The molecule has 0 nitrogen and oxygen atoms in total. The van der Waals surface area contributed by atoms with Gasteiger partial charge in [0.1, 0.15) is 0 Å². The minimum absolute atomic E-state index is 0.146. The molecular formula is C32H33BS. The predicted octanol–water partition coefficient (Wildman–Crippen LogP) is 7.04. The van der Waals surface area contributed by atoms with Crippen LogP contribution in [0.3, 0.4) is 0 Å². The molecule has 2 heteroatoms. The van der Waals surface area contributed by atoms with Crippen molar-refractivity contribution in [2.45, 2.75) is 27.7 Å². The molecule has 0 aliphatic rings. The molecule has 0 saturated carbocycles. The second kappa shape index (κ2) is 11.0. The fourth-order valence-electron chi connectivity index (χ4n) is 4.51. The van der Waals surface area contributed by atoms with Crippen molar-refractivity contribution in [3.8, 4) is 0 Å². The van der Waals surface area contributed by atoms with Gasteiger partial charge in [-0.15, -0.1) is 0 Å². The standard InChI is InChI=1S/C32H33BS/c1-23-6-14-27(15-7-23)31(22-34-5)32(28-16-8-24(2)9-17-28)33(29-18-10-25(3)11-19-29)30-20-12-26(4)13-21-30/h6-21H,22H2,1-5H3/b32-31+. The van der Waals surface area contributed by atoms with Crippen molar-refractivity contribution < 1.29 is 0 Å². The van der Waals surface area contributed by atoms with E-state index in [1.54, 1.807) is 0 Å². The first-order valence-electron chi connectivity index (χ1n) is 12.0. The van der Waals surface area contributed by atoms with Crippen LogP contribution >= 0.6 is 11.8 Å². The Kier molecular flexibility index (Phi) is 7.80. The summed E-state index contributed by atoms with van der Waals surface area (Å²) in [5, 5.41) is 0. The third-order valence-electron chi connectivity index (χ3n) is 6.49. The van der Waals surface area contributed by atoms with Gasteiger partial charge in [0.2, 0.25) is 6.71 Å². The van der Waals surface area contributed by atoms with Gasteiger partial charge in [0, 0.05) is 5.75 Å². The molecule has 0 heterocycles. The van der Waals surface area contributed by atoms with Crippen LogP contribution in [0.15, 0.2) is 97.1 Å². The molecule has 0 aliphatic carbocycles. The molecule has 4 rings (SSSR count). The normalized spacial score (nSPS) is 11.8. The molecule has 0 saturated heterocycles. The van der Waals surface area contributed by atoms with E-state index in [0.29, 0.717) is 0 Å². The van der Waals surface area contributed by atoms with Crippen LogP contribution in [0.25, 0.3) is 11.0 Å². The van der Waals surface area contributed by atoms with E-state index in [4.69, 9.17) is 0 Å². The maximum Gasteiger partial charge on any atom is 0.242 e. The van der Waals surface area contributed by atoms with Crippen LogP contribution in [0.2, 0.25) is 0 Å². The lowest BCUT2D eigenvalue weighted by atomic mass is 9.34. The summed E-state index contributed by atoms with van der Waals surface area (Å²) in [7, 11) is 0. The Morgan fingerprint density at radius 1 is 0.529 bits per heavy atom. The fraction of sp³-hybridized carbons (Fsp3) is 0.188. The van der Waals surface area contributed by atoms with Crippen molar-refractivity contribution in [1.82, 2.24) is 0 Å². The average Bonchev–Trinajstić information content (AvgIpc) is 2.84. The van der Waals surface area contributed by atoms with Crippen LogP contribution in [0.5, 0.6) is 0 Å². The molecule has 0 aliphatic heterocycles. The predicted molar refractivity (Wildman–Crippen MR) is 155 cm³/mol. The minimum atomic E-state index is 0.146. The van der Waals surface area contributed by atoms with Crippen LogP contribution < -0.4 is 10.9 Å². The van der Waals surface area contributed by atoms with E-state index in [9.17, 15) is 0 Å². The van der Waals surface area contributed by atoms with Gasteiger partial charge >= 0.3 is 0 Å². The Balaban J connectivity index is 2.06. The van der Waals surface area contributed by atoms with Crippen molar-refractivity contribution >= 4 is 40.4 Å². The molecule has 0 spiro atoms. The lowest BCUT2D eigenvalue weighted by molar-refractivity contribution is 1.44. The first-order valence-corrected chi connectivity index (χ1v) is 13.3. The lowest BCUT2D eigenvalue weighted by Gasteiger charge is -2.24. The van der Waals surface area contributed by atoms with E-state index < -0.39 is 0 Å². The van der Waals surface area contributed by atoms with Crippen molar-refractivity contribution in [2.75, 3.05) is 12.0 Å². The molecule has 170 valence electrons. The minimum Gasteiger partial charge on any atom is -0.161 e. The Hall–Kier alpha value is -2.97. The molecule has 0 aromatic heterocycles. The van der Waals surface area contributed by atoms with Gasteiger partial charge in [-0.25, -0.2) is 0 Å². The number of hydrogen-bond acceptors (Lipinski definition) is 1. The van der Waals surface area contributed by atoms with E-state index in [1.165, 1.54) is 55.4 Å². The summed E-state index contributed by atoms with van der Waals surface area (Å²) in [4.78, 5) is 0. The molecule has 0 N–H and O–H groups in total. The summed E-state index contributed by atoms with van der Waals surface area (Å²) in [5.41, 5.74) is 13.2. The average molecular weight is 460 g/mol. The second-order valence-corrected chi connectivity index (χ2v) is 10.2. The number of hydrogen-bond donors (Lipinski definition) is 0. The van der Waals surface area contributed by atoms with Crippen molar-refractivity contribution in [2.24, 2.45) is 0 Å². The monoisotopic (exact) mass is 460 g/mol. The summed E-state index contributed by atoms with van der Waals surface area (Å²) in [5.74, 6) is 0.959. The quantitative estimate of drug-likeness (QED) is 0.211. The van der Waals surface area contributed by atoms with Crippen LogP contribution in [-0.2, 0) is 0 Å². The first kappa shape index (κ1) is 24.2. The van der Waals surface area contributed by atoms with Crippen molar-refractivity contribution in [3.05, 3.63) is 130 Å². The summed E-state index contributed by atoms with van der Waals surface area (Å²) < 4.78 is 0. The maximum atomic E-state index is 2.31. The van der Waals surface area contributed by atoms with Gasteiger partial charge in [0.25, 0.3) is 0 Å². The summed E-state index contributed by atoms with van der Waals surface area (Å²) in [6.45, 7) is 8.78. The topological polar surface area (TPSA) is 0 Å². The Labute approximate surface area is 210 Å². The number of aryl methyl sites for hydroxylation is 4. The molecule has 0 fully saturated rings. The largest absolute Gasteiger partial charge is 0.242 e. The third kappa shape index (κ3) is 5.57. The second-order valence-electron chi connectivity index (χ2n) is 9.31. The number of thioether (sulfide) groups is 1. The van der Waals surface area contributed by atoms with Gasteiger partial charge < -0.3 is 0 Å². The highest BCUT2D eigenvalue weighted by molar-refractivity contribution is 7.99. The van der Waals surface area contributed by atoms with Crippen molar-refractivity contribution in [3.63, 3.8) is 0 Å². The molecule has 34 heavy (non-hydrogen) atoms. The zero-order valence-electron chi connectivity index (χ0n) is 20.9. The molecule has 4 aromatic carbocycles. The molecule has 4 aromatic rings. The highest BCUT2D eigenvalue weighted by Gasteiger charge is 2.28. The third-order valence-corrected chi connectivity index (χ3v) is 7.06. The zero-order valence-corrected chi connectivity index (χ0v) is 21.7. The molecule has 0 bridgehead atoms. The van der Waals surface area contributed by atoms with Gasteiger partial charge in [-0.3, -0.25) is 0 Å². The Morgan fingerprint density at radius 2 is 0.882 bits per heavy atom. The van der Waals surface area contributed by atoms with Crippen LogP contribution in [0.4, 0.5) is 0 Å². The van der Waals surface area contributed by atoms with Crippen LogP contribution in [0.1, 0.15) is 33.4 Å². The lowest BCUT2D eigenvalue weighted by Crippen LogP contribution is -2.44. The van der Waals surface area contributed by atoms with Gasteiger partial charge in [0.05, 0.1) is 0 Å². The maximum absolute atomic E-state index is 2.31. The van der Waals surface area contributed by atoms with Gasteiger partial charge in [-0.05, 0) is 50.7 Å². The van der Waals surface area contributed by atoms with Crippen LogP contribution in [-0.4, -0.2) is 18.7 Å². The van der Waals surface area contributed by atoms with E-state index in [1.807, 2.05) is 11.8 Å². The van der Waals surface area contributed by atoms with E-state index >= 15 is 0 Å². The summed E-state index contributed by atoms with van der Waals surface area (Å²) in [6.07, 6.45) is 2.20. The number of rotatable bonds is 7. The molecule has 0 unspecified atom stereocenters. The highest BCUT2D eigenvalue weighted by atomic mass is 32.2. The van der Waals surface area contributed by atoms with Gasteiger partial charge in [0.15, 0.2) is 0 Å². The van der Waals surface area contributed by atoms with Gasteiger partial charge in [-0.1, -0.05) is 136 Å². The first-order chi connectivity index (χ1) is 16.5. The Morgan fingerprint density at radius 3 is 1.26 bits per heavy atom. The highest BCUT2D eigenvalue weighted by Crippen LogP contribution is 2.31. The molecule has 0 atom stereocenters. The van der Waals surface area contributed by atoms with Crippen molar-refractivity contribution in [1.29, 1.82) is 0 Å². The Bertz CT molecular complexity index is 1200. The fourth-order valence-corrected chi connectivity index (χ4v) is 5.12. The van der Waals surface area contributed by atoms with Gasteiger partial charge in [-0.2, -0.15) is 11.8 Å². The van der Waals surface area contributed by atoms with E-state index in [0.717, 1.165) is 5.75 Å². The summed E-state index contributed by atoms with van der Waals surface area (Å²) in [6, 6.07) is 36.3.